The summed E-state index contributed by atoms with van der Waals surface area (Å²) < 4.78 is 4.86. The lowest BCUT2D eigenvalue weighted by Crippen LogP contribution is -2.53. The maximum Gasteiger partial charge on any atom is 0.326 e. The summed E-state index contributed by atoms with van der Waals surface area (Å²) in [5, 5.41) is 14.5. The van der Waals surface area contributed by atoms with E-state index >= 15 is 0 Å². The highest BCUT2D eigenvalue weighted by atomic mass is 16.5. The van der Waals surface area contributed by atoms with Crippen molar-refractivity contribution in [3.8, 4) is 0 Å². The van der Waals surface area contributed by atoms with Gasteiger partial charge in [-0.3, -0.25) is 0 Å². The first-order valence-corrected chi connectivity index (χ1v) is 7.63. The van der Waals surface area contributed by atoms with E-state index in [1.807, 2.05) is 0 Å². The van der Waals surface area contributed by atoms with Crippen molar-refractivity contribution in [2.24, 2.45) is 0 Å². The Morgan fingerprint density at radius 3 is 2.90 bits per heavy atom. The van der Waals surface area contributed by atoms with Gasteiger partial charge in [-0.25, -0.2) is 9.59 Å². The largest absolute Gasteiger partial charge is 0.480 e. The molecule has 0 radical (unpaired) electrons. The number of carbonyl (C=O) groups excluding carboxylic acids is 1. The molecule has 2 rings (SSSR count). The van der Waals surface area contributed by atoms with Gasteiger partial charge in [-0.15, -0.1) is 0 Å². The highest BCUT2D eigenvalue weighted by Gasteiger charge is 2.32. The van der Waals surface area contributed by atoms with Gasteiger partial charge in [0.05, 0.1) is 0 Å². The fourth-order valence-corrected chi connectivity index (χ4v) is 3.23. The van der Waals surface area contributed by atoms with E-state index in [-0.39, 0.29) is 12.5 Å². The van der Waals surface area contributed by atoms with Gasteiger partial charge in [-0.05, 0) is 32.2 Å². The molecular formula is C14H25N3O4. The Bertz CT molecular complexity index is 377. The standard InChI is InChI=1S/C14H25N3O4/c1-21-8-5-12(13(18)19)16-14(20)15-10-4-7-17-6-2-3-11(17)9-10/h10-12H,2-9H2,1H3,(H,18,19)(H2,15,16,20). The molecule has 0 aliphatic carbocycles. The lowest BCUT2D eigenvalue weighted by Gasteiger charge is -2.35. The van der Waals surface area contributed by atoms with E-state index in [1.165, 1.54) is 26.5 Å². The second-order valence-electron chi connectivity index (χ2n) is 5.84. The molecule has 2 saturated heterocycles. The Kier molecular flexibility index (Phi) is 5.81. The first-order chi connectivity index (χ1) is 10.1. The van der Waals surface area contributed by atoms with E-state index in [0.29, 0.717) is 12.6 Å². The number of nitrogens with zero attached hydrogens (tertiary/aromatic N) is 1. The molecule has 2 amide bonds. The highest BCUT2D eigenvalue weighted by molar-refractivity contribution is 5.82. The molecule has 3 N–H and O–H groups in total. The molecule has 7 nitrogen and oxygen atoms in total. The average molecular weight is 299 g/mol. The number of fused-ring (bicyclic) bond motifs is 1. The number of hydrogen-bond donors (Lipinski definition) is 3. The van der Waals surface area contributed by atoms with E-state index < -0.39 is 18.0 Å². The molecule has 0 saturated carbocycles. The average Bonchev–Trinajstić information content (AvgIpc) is 2.90. The van der Waals surface area contributed by atoms with Gasteiger partial charge < -0.3 is 25.4 Å². The van der Waals surface area contributed by atoms with Gasteiger partial charge in [-0.1, -0.05) is 0 Å². The number of piperidine rings is 1. The normalized spacial score (nSPS) is 26.9. The zero-order valence-electron chi connectivity index (χ0n) is 12.5. The summed E-state index contributed by atoms with van der Waals surface area (Å²) in [6.07, 6.45) is 4.59. The van der Waals surface area contributed by atoms with Crippen molar-refractivity contribution in [3.05, 3.63) is 0 Å². The number of amides is 2. The van der Waals surface area contributed by atoms with Crippen molar-refractivity contribution < 1.29 is 19.4 Å². The Morgan fingerprint density at radius 2 is 2.19 bits per heavy atom. The Morgan fingerprint density at radius 1 is 1.38 bits per heavy atom. The molecular weight excluding hydrogens is 274 g/mol. The van der Waals surface area contributed by atoms with Crippen molar-refractivity contribution in [1.29, 1.82) is 0 Å². The maximum atomic E-state index is 11.9. The lowest BCUT2D eigenvalue weighted by molar-refractivity contribution is -0.139. The minimum Gasteiger partial charge on any atom is -0.480 e. The van der Waals surface area contributed by atoms with Crippen molar-refractivity contribution in [3.63, 3.8) is 0 Å². The number of aliphatic carboxylic acids is 1. The molecule has 7 heteroatoms. The van der Waals surface area contributed by atoms with Crippen LogP contribution in [0.1, 0.15) is 32.1 Å². The Labute approximate surface area is 125 Å². The number of carboxylic acids is 1. The summed E-state index contributed by atoms with van der Waals surface area (Å²) in [4.78, 5) is 25.5. The molecule has 0 aromatic heterocycles. The topological polar surface area (TPSA) is 90.9 Å². The number of rotatable bonds is 6. The molecule has 0 aromatic rings. The van der Waals surface area contributed by atoms with Crippen LogP contribution in [0.4, 0.5) is 4.79 Å². The summed E-state index contributed by atoms with van der Waals surface area (Å²) >= 11 is 0. The molecule has 2 fully saturated rings. The zero-order chi connectivity index (χ0) is 15.2. The van der Waals surface area contributed by atoms with Crippen LogP contribution in [0.5, 0.6) is 0 Å². The van der Waals surface area contributed by atoms with Crippen LogP contribution in [0.2, 0.25) is 0 Å². The molecule has 0 bridgehead atoms. The fourth-order valence-electron chi connectivity index (χ4n) is 3.23. The van der Waals surface area contributed by atoms with Crippen molar-refractivity contribution in [2.75, 3.05) is 26.8 Å². The number of ether oxygens (including phenoxy) is 1. The molecule has 2 heterocycles. The first-order valence-electron chi connectivity index (χ1n) is 7.63. The minimum atomic E-state index is -1.03. The molecule has 2 aliphatic rings. The molecule has 21 heavy (non-hydrogen) atoms. The number of carboxylic acid groups (broad SMARTS) is 1. The van der Waals surface area contributed by atoms with Gasteiger partial charge in [0.25, 0.3) is 0 Å². The van der Waals surface area contributed by atoms with E-state index in [2.05, 4.69) is 15.5 Å². The van der Waals surface area contributed by atoms with Crippen molar-refractivity contribution in [1.82, 2.24) is 15.5 Å². The fraction of sp³-hybridized carbons (Fsp3) is 0.857. The number of nitrogens with one attached hydrogen (secondary N) is 2. The van der Waals surface area contributed by atoms with Crippen LogP contribution in [-0.4, -0.2) is 66.9 Å². The second-order valence-corrected chi connectivity index (χ2v) is 5.84. The van der Waals surface area contributed by atoms with E-state index in [4.69, 9.17) is 9.84 Å². The van der Waals surface area contributed by atoms with E-state index in [1.54, 1.807) is 0 Å². The summed E-state index contributed by atoms with van der Waals surface area (Å²) in [5.74, 6) is -1.03. The summed E-state index contributed by atoms with van der Waals surface area (Å²) in [7, 11) is 1.51. The van der Waals surface area contributed by atoms with Gasteiger partial charge in [0.15, 0.2) is 0 Å². The van der Waals surface area contributed by atoms with Crippen LogP contribution in [0.25, 0.3) is 0 Å². The SMILES string of the molecule is COCCC(NC(=O)NC1CCN2CCCC2C1)C(=O)O. The quantitative estimate of drug-likeness (QED) is 0.660. The number of methoxy groups -OCH3 is 1. The summed E-state index contributed by atoms with van der Waals surface area (Å²) in [6.45, 7) is 2.49. The smallest absolute Gasteiger partial charge is 0.326 e. The van der Waals surface area contributed by atoms with Crippen LogP contribution in [-0.2, 0) is 9.53 Å². The third kappa shape index (κ3) is 4.57. The van der Waals surface area contributed by atoms with Crippen LogP contribution in [0.15, 0.2) is 0 Å². The molecule has 120 valence electrons. The van der Waals surface area contributed by atoms with Crippen LogP contribution in [0, 0.1) is 0 Å². The monoisotopic (exact) mass is 299 g/mol. The Hall–Kier alpha value is -1.34. The molecule has 3 atom stereocenters. The second kappa shape index (κ2) is 7.61. The van der Waals surface area contributed by atoms with Crippen molar-refractivity contribution >= 4 is 12.0 Å². The molecule has 2 aliphatic heterocycles. The summed E-state index contributed by atoms with van der Waals surface area (Å²) in [6, 6.07) is -0.583. The predicted octanol–water partition coefficient (Wildman–Crippen LogP) is 0.402. The highest BCUT2D eigenvalue weighted by Crippen LogP contribution is 2.26. The Balaban J connectivity index is 1.76. The number of carbonyl (C=O) groups is 2. The first kappa shape index (κ1) is 16.0. The van der Waals surface area contributed by atoms with E-state index in [0.717, 1.165) is 19.4 Å². The maximum absolute atomic E-state index is 11.9. The lowest BCUT2D eigenvalue weighted by atomic mass is 9.98. The van der Waals surface area contributed by atoms with Gasteiger partial charge in [0, 0.05) is 38.8 Å². The van der Waals surface area contributed by atoms with Crippen LogP contribution >= 0.6 is 0 Å². The molecule has 0 spiro atoms. The third-order valence-corrected chi connectivity index (χ3v) is 4.37. The number of hydrogen-bond acceptors (Lipinski definition) is 4. The van der Waals surface area contributed by atoms with Gasteiger partial charge >= 0.3 is 12.0 Å². The van der Waals surface area contributed by atoms with E-state index in [9.17, 15) is 9.59 Å². The van der Waals surface area contributed by atoms with Crippen LogP contribution < -0.4 is 10.6 Å². The van der Waals surface area contributed by atoms with Gasteiger partial charge in [-0.2, -0.15) is 0 Å². The van der Waals surface area contributed by atoms with Gasteiger partial charge in [0.2, 0.25) is 0 Å². The minimum absolute atomic E-state index is 0.140. The number of urea groups is 1. The molecule has 3 unspecified atom stereocenters. The molecule has 0 aromatic carbocycles. The summed E-state index contributed by atoms with van der Waals surface area (Å²) in [5.41, 5.74) is 0. The zero-order valence-corrected chi connectivity index (χ0v) is 12.5. The predicted molar refractivity (Wildman–Crippen MR) is 77.2 cm³/mol. The van der Waals surface area contributed by atoms with Gasteiger partial charge in [0.1, 0.15) is 6.04 Å². The van der Waals surface area contributed by atoms with Crippen molar-refractivity contribution in [2.45, 2.75) is 50.2 Å². The third-order valence-electron chi connectivity index (χ3n) is 4.37. The van der Waals surface area contributed by atoms with Crippen LogP contribution in [0.3, 0.4) is 0 Å².